The average Bonchev–Trinajstić information content (AvgIpc) is 3.11. The van der Waals surface area contributed by atoms with E-state index in [0.717, 1.165) is 5.56 Å². The smallest absolute Gasteiger partial charge is 0.338 e. The molecule has 1 amide bonds. The van der Waals surface area contributed by atoms with E-state index in [-0.39, 0.29) is 11.5 Å². The van der Waals surface area contributed by atoms with Crippen molar-refractivity contribution in [3.63, 3.8) is 0 Å². The van der Waals surface area contributed by atoms with Crippen molar-refractivity contribution in [1.29, 1.82) is 0 Å². The zero-order valence-electron chi connectivity index (χ0n) is 27.3. The SMILES string of the molecule is C=CC[C@@H]1O[C@@H](Oc2ccc(CCNC(C)=O)c(-c3cccc(F)c3)c2)[C@H](OC(=O)c2ccccc2)[C@H](OC(=O)c2ccccc2)[C@H]1OC. The van der Waals surface area contributed by atoms with Crippen molar-refractivity contribution in [3.8, 4) is 16.9 Å². The fraction of sp³-hybridized carbons (Fsp3) is 0.256. The highest BCUT2D eigenvalue weighted by molar-refractivity contribution is 5.90. The molecule has 1 saturated heterocycles. The van der Waals surface area contributed by atoms with Crippen molar-refractivity contribution in [2.75, 3.05) is 13.7 Å². The highest BCUT2D eigenvalue weighted by Crippen LogP contribution is 2.35. The Morgan fingerprint density at radius 3 is 2.08 bits per heavy atom. The summed E-state index contributed by atoms with van der Waals surface area (Å²) in [5.74, 6) is -1.60. The Morgan fingerprint density at radius 2 is 1.49 bits per heavy atom. The first-order valence-electron chi connectivity index (χ1n) is 15.9. The molecule has 1 aliphatic heterocycles. The van der Waals surface area contributed by atoms with Gasteiger partial charge in [-0.3, -0.25) is 4.79 Å². The number of benzene rings is 4. The third-order valence-corrected chi connectivity index (χ3v) is 8.01. The van der Waals surface area contributed by atoms with Gasteiger partial charge >= 0.3 is 11.9 Å². The van der Waals surface area contributed by atoms with Crippen LogP contribution in [0.5, 0.6) is 5.75 Å². The average molecular weight is 668 g/mol. The maximum Gasteiger partial charge on any atom is 0.338 e. The van der Waals surface area contributed by atoms with Crippen molar-refractivity contribution in [2.24, 2.45) is 0 Å². The second-order valence-corrected chi connectivity index (χ2v) is 11.4. The molecule has 0 spiro atoms. The minimum atomic E-state index is -1.29. The van der Waals surface area contributed by atoms with Crippen molar-refractivity contribution >= 4 is 17.8 Å². The molecule has 0 saturated carbocycles. The van der Waals surface area contributed by atoms with Crippen LogP contribution in [0.25, 0.3) is 11.1 Å². The van der Waals surface area contributed by atoms with Crippen molar-refractivity contribution in [3.05, 3.63) is 138 Å². The van der Waals surface area contributed by atoms with Gasteiger partial charge in [-0.25, -0.2) is 14.0 Å². The minimum Gasteiger partial charge on any atom is -0.461 e. The van der Waals surface area contributed by atoms with E-state index in [1.807, 2.05) is 6.07 Å². The molecular formula is C39H38FNO8. The van der Waals surface area contributed by atoms with Gasteiger partial charge < -0.3 is 29.0 Å². The number of hydrogen-bond donors (Lipinski definition) is 1. The first-order valence-corrected chi connectivity index (χ1v) is 15.9. The maximum atomic E-state index is 14.4. The van der Waals surface area contributed by atoms with Gasteiger partial charge in [0, 0.05) is 20.6 Å². The van der Waals surface area contributed by atoms with E-state index in [1.165, 1.54) is 26.2 Å². The summed E-state index contributed by atoms with van der Waals surface area (Å²) in [5, 5.41) is 2.79. The van der Waals surface area contributed by atoms with Gasteiger partial charge in [-0.2, -0.15) is 0 Å². The highest BCUT2D eigenvalue weighted by Gasteiger charge is 2.52. The molecule has 1 aliphatic rings. The summed E-state index contributed by atoms with van der Waals surface area (Å²) >= 11 is 0. The summed E-state index contributed by atoms with van der Waals surface area (Å²) in [5.41, 5.74) is 2.67. The van der Waals surface area contributed by atoms with Crippen LogP contribution in [-0.2, 0) is 30.2 Å². The predicted octanol–water partition coefficient (Wildman–Crippen LogP) is 6.32. The molecule has 254 valence electrons. The third kappa shape index (κ3) is 8.98. The molecule has 0 unspecified atom stereocenters. The lowest BCUT2D eigenvalue weighted by Gasteiger charge is -2.44. The molecule has 4 aromatic carbocycles. The van der Waals surface area contributed by atoms with Gasteiger partial charge in [0.1, 0.15) is 17.7 Å². The van der Waals surface area contributed by atoms with E-state index in [0.29, 0.717) is 41.8 Å². The Labute approximate surface area is 284 Å². The zero-order valence-corrected chi connectivity index (χ0v) is 27.3. The van der Waals surface area contributed by atoms with Crippen LogP contribution >= 0.6 is 0 Å². The number of nitrogens with one attached hydrogen (secondary N) is 1. The fourth-order valence-electron chi connectivity index (χ4n) is 5.68. The van der Waals surface area contributed by atoms with Crippen molar-refractivity contribution in [2.45, 2.75) is 50.5 Å². The summed E-state index contributed by atoms with van der Waals surface area (Å²) in [7, 11) is 1.45. The molecule has 5 atom stereocenters. The number of ether oxygens (including phenoxy) is 5. The number of carbonyl (C=O) groups excluding carboxylic acids is 3. The molecule has 5 rings (SSSR count). The lowest BCUT2D eigenvalue weighted by Crippen LogP contribution is -2.62. The van der Waals surface area contributed by atoms with Crippen molar-refractivity contribution in [1.82, 2.24) is 5.32 Å². The van der Waals surface area contributed by atoms with Gasteiger partial charge in [0.05, 0.1) is 17.2 Å². The largest absolute Gasteiger partial charge is 0.461 e. The molecule has 9 nitrogen and oxygen atoms in total. The number of carbonyl (C=O) groups is 3. The van der Waals surface area contributed by atoms with Crippen molar-refractivity contribution < 1.29 is 42.5 Å². The van der Waals surface area contributed by atoms with Crippen LogP contribution in [0.2, 0.25) is 0 Å². The monoisotopic (exact) mass is 667 g/mol. The number of methoxy groups -OCH3 is 1. The number of rotatable bonds is 13. The summed E-state index contributed by atoms with van der Waals surface area (Å²) in [4.78, 5) is 38.4. The molecule has 0 radical (unpaired) electrons. The molecule has 0 aromatic heterocycles. The Balaban J connectivity index is 1.54. The molecule has 1 fully saturated rings. The van der Waals surface area contributed by atoms with Crippen LogP contribution in [0.3, 0.4) is 0 Å². The lowest BCUT2D eigenvalue weighted by atomic mass is 9.95. The molecule has 0 aliphatic carbocycles. The fourth-order valence-corrected chi connectivity index (χ4v) is 5.68. The summed E-state index contributed by atoms with van der Waals surface area (Å²) < 4.78 is 45.1. The van der Waals surface area contributed by atoms with Gasteiger partial charge in [0.15, 0.2) is 6.10 Å². The Bertz CT molecular complexity index is 1750. The van der Waals surface area contributed by atoms with E-state index in [1.54, 1.807) is 91.0 Å². The quantitative estimate of drug-likeness (QED) is 0.130. The Kier molecular flexibility index (Phi) is 11.9. The first kappa shape index (κ1) is 35.0. The second kappa shape index (κ2) is 16.7. The van der Waals surface area contributed by atoms with Gasteiger partial charge in [-0.05, 0) is 78.1 Å². The predicted molar refractivity (Wildman–Crippen MR) is 180 cm³/mol. The van der Waals surface area contributed by atoms with E-state index in [4.69, 9.17) is 23.7 Å². The number of amides is 1. The van der Waals surface area contributed by atoms with E-state index in [2.05, 4.69) is 11.9 Å². The van der Waals surface area contributed by atoms with Gasteiger partial charge in [0.25, 0.3) is 0 Å². The van der Waals surface area contributed by atoms with Crippen LogP contribution in [0, 0.1) is 5.82 Å². The molecule has 10 heteroatoms. The van der Waals surface area contributed by atoms with E-state index >= 15 is 0 Å². The second-order valence-electron chi connectivity index (χ2n) is 11.4. The minimum absolute atomic E-state index is 0.163. The molecule has 4 aromatic rings. The summed E-state index contributed by atoms with van der Waals surface area (Å²) in [6.07, 6.45) is -2.87. The van der Waals surface area contributed by atoms with E-state index in [9.17, 15) is 18.8 Å². The van der Waals surface area contributed by atoms with Crippen LogP contribution in [0.15, 0.2) is 116 Å². The Morgan fingerprint density at radius 1 is 0.837 bits per heavy atom. The number of hydrogen-bond acceptors (Lipinski definition) is 8. The maximum absolute atomic E-state index is 14.4. The molecular weight excluding hydrogens is 629 g/mol. The van der Waals surface area contributed by atoms with Gasteiger partial charge in [0.2, 0.25) is 18.3 Å². The Hall–Kier alpha value is -5.32. The highest BCUT2D eigenvalue weighted by atomic mass is 19.1. The normalized spacial score (nSPS) is 20.1. The van der Waals surface area contributed by atoms with Gasteiger partial charge in [-0.15, -0.1) is 6.58 Å². The number of esters is 2. The third-order valence-electron chi connectivity index (χ3n) is 8.01. The van der Waals surface area contributed by atoms with Crippen LogP contribution in [0.4, 0.5) is 4.39 Å². The molecule has 0 bridgehead atoms. The standard InChI is InChI=1S/C39H38FNO8/c1-4-12-33-34(45-3)35(48-37(43)27-13-7-5-8-14-27)36(49-38(44)28-15-9-6-10-16-28)39(47-33)46-31-20-19-26(21-22-41-25(2)42)32(24-31)29-17-11-18-30(40)23-29/h4-11,13-20,23-24,33-36,39H,1,12,21-22H2,2-3H3,(H,41,42)/t33-,34-,35+,36+,39+/m0/s1. The van der Waals surface area contributed by atoms with Gasteiger partial charge in [-0.1, -0.05) is 60.7 Å². The van der Waals surface area contributed by atoms with Crippen LogP contribution in [-0.4, -0.2) is 62.2 Å². The molecule has 1 heterocycles. The van der Waals surface area contributed by atoms with Crippen LogP contribution in [0.1, 0.15) is 39.6 Å². The van der Waals surface area contributed by atoms with Crippen LogP contribution < -0.4 is 10.1 Å². The first-order chi connectivity index (χ1) is 23.8. The summed E-state index contributed by atoms with van der Waals surface area (Å²) in [6, 6.07) is 28.2. The molecule has 1 N–H and O–H groups in total. The van der Waals surface area contributed by atoms with E-state index < -0.39 is 48.5 Å². The lowest BCUT2D eigenvalue weighted by molar-refractivity contribution is -0.274. The molecule has 49 heavy (non-hydrogen) atoms. The summed E-state index contributed by atoms with van der Waals surface area (Å²) in [6.45, 7) is 5.65. The topological polar surface area (TPSA) is 109 Å². The zero-order chi connectivity index (χ0) is 34.8. The number of halogens is 1.